The quantitative estimate of drug-likeness (QED) is 0.731. The van der Waals surface area contributed by atoms with E-state index < -0.39 is 6.10 Å². The lowest BCUT2D eigenvalue weighted by molar-refractivity contribution is -0.138. The molecule has 1 saturated heterocycles. The zero-order valence-electron chi connectivity index (χ0n) is 13.5. The van der Waals surface area contributed by atoms with E-state index in [4.69, 9.17) is 26.4 Å². The SMILES string of the molecule is COc1ccccc1OC[C@@H]1SCCN1C(=O)C(C)OC(C)=S. The van der Waals surface area contributed by atoms with Crippen LogP contribution in [-0.4, -0.2) is 53.3 Å². The molecule has 0 N–H and O–H groups in total. The molecule has 1 aromatic carbocycles. The lowest BCUT2D eigenvalue weighted by Crippen LogP contribution is -2.44. The van der Waals surface area contributed by atoms with Gasteiger partial charge in [0, 0.05) is 19.2 Å². The zero-order valence-corrected chi connectivity index (χ0v) is 15.1. The first-order valence-corrected chi connectivity index (χ1v) is 8.83. The number of thiocarbonyl (C=S) groups is 1. The van der Waals surface area contributed by atoms with Crippen LogP contribution in [-0.2, 0) is 9.53 Å². The third-order valence-corrected chi connectivity index (χ3v) is 4.70. The van der Waals surface area contributed by atoms with Gasteiger partial charge in [-0.2, -0.15) is 0 Å². The average Bonchev–Trinajstić information content (AvgIpc) is 3.00. The fraction of sp³-hybridized carbons (Fsp3) is 0.500. The van der Waals surface area contributed by atoms with Crippen LogP contribution in [0.1, 0.15) is 13.8 Å². The van der Waals surface area contributed by atoms with Gasteiger partial charge in [-0.1, -0.05) is 12.1 Å². The Hall–Kier alpha value is -1.47. The van der Waals surface area contributed by atoms with E-state index in [0.717, 1.165) is 5.75 Å². The van der Waals surface area contributed by atoms with Crippen molar-refractivity contribution in [1.29, 1.82) is 0 Å². The lowest BCUT2D eigenvalue weighted by Gasteiger charge is -2.26. The Labute approximate surface area is 146 Å². The van der Waals surface area contributed by atoms with E-state index in [1.165, 1.54) is 0 Å². The third kappa shape index (κ3) is 4.75. The third-order valence-electron chi connectivity index (χ3n) is 3.41. The van der Waals surface area contributed by atoms with Gasteiger partial charge in [0.25, 0.3) is 5.91 Å². The summed E-state index contributed by atoms with van der Waals surface area (Å²) < 4.78 is 16.5. The van der Waals surface area contributed by atoms with Crippen molar-refractivity contribution in [1.82, 2.24) is 4.90 Å². The van der Waals surface area contributed by atoms with Crippen molar-refractivity contribution in [2.75, 3.05) is 26.0 Å². The smallest absolute Gasteiger partial charge is 0.264 e. The molecule has 0 aromatic heterocycles. The molecule has 0 radical (unpaired) electrons. The summed E-state index contributed by atoms with van der Waals surface area (Å²) >= 11 is 6.60. The summed E-state index contributed by atoms with van der Waals surface area (Å²) in [7, 11) is 1.61. The molecule has 1 aliphatic heterocycles. The van der Waals surface area contributed by atoms with E-state index >= 15 is 0 Å². The fourth-order valence-electron chi connectivity index (χ4n) is 2.34. The highest BCUT2D eigenvalue weighted by molar-refractivity contribution is 8.00. The molecule has 2 rings (SSSR count). The Morgan fingerprint density at radius 1 is 1.43 bits per heavy atom. The van der Waals surface area contributed by atoms with Crippen LogP contribution in [0.2, 0.25) is 0 Å². The maximum Gasteiger partial charge on any atom is 0.264 e. The Morgan fingerprint density at radius 2 is 2.13 bits per heavy atom. The van der Waals surface area contributed by atoms with Crippen molar-refractivity contribution in [2.45, 2.75) is 25.3 Å². The number of carbonyl (C=O) groups excluding carboxylic acids is 1. The van der Waals surface area contributed by atoms with Crippen LogP contribution in [0.3, 0.4) is 0 Å². The Balaban J connectivity index is 1.96. The Morgan fingerprint density at radius 3 is 2.78 bits per heavy atom. The molecule has 1 aliphatic rings. The standard InChI is InChI=1S/C16H21NO4S2/c1-11(21-12(2)22)16(18)17-8-9-23-15(17)10-20-14-7-5-4-6-13(14)19-3/h4-7,11,15H,8-10H2,1-3H3/t11?,15-/m0/s1. The number of rotatable bonds is 6. The van der Waals surface area contributed by atoms with E-state index in [2.05, 4.69) is 0 Å². The first-order chi connectivity index (χ1) is 11.0. The van der Waals surface area contributed by atoms with Gasteiger partial charge in [0.15, 0.2) is 22.7 Å². The summed E-state index contributed by atoms with van der Waals surface area (Å²) in [4.78, 5) is 14.3. The molecule has 23 heavy (non-hydrogen) atoms. The predicted octanol–water partition coefficient (Wildman–Crippen LogP) is 2.73. The minimum absolute atomic E-state index is 0.0381. The van der Waals surface area contributed by atoms with E-state index in [1.54, 1.807) is 37.6 Å². The molecule has 0 bridgehead atoms. The second-order valence-electron chi connectivity index (χ2n) is 5.07. The summed E-state index contributed by atoms with van der Waals surface area (Å²) in [6.07, 6.45) is -0.569. The molecule has 1 unspecified atom stereocenters. The van der Waals surface area contributed by atoms with Crippen molar-refractivity contribution >= 4 is 34.9 Å². The van der Waals surface area contributed by atoms with Gasteiger partial charge in [0.2, 0.25) is 0 Å². The number of hydrogen-bond donors (Lipinski definition) is 0. The molecule has 2 atom stereocenters. The van der Waals surface area contributed by atoms with Gasteiger partial charge in [0.05, 0.1) is 7.11 Å². The topological polar surface area (TPSA) is 48.0 Å². The fourth-order valence-corrected chi connectivity index (χ4v) is 3.62. The van der Waals surface area contributed by atoms with Crippen LogP contribution in [0.15, 0.2) is 24.3 Å². The second-order valence-corrected chi connectivity index (χ2v) is 6.93. The molecule has 0 spiro atoms. The minimum Gasteiger partial charge on any atom is -0.493 e. The van der Waals surface area contributed by atoms with Crippen LogP contribution in [0.5, 0.6) is 11.5 Å². The summed E-state index contributed by atoms with van der Waals surface area (Å²) in [6, 6.07) is 7.48. The highest BCUT2D eigenvalue weighted by Gasteiger charge is 2.33. The number of ether oxygens (including phenoxy) is 3. The van der Waals surface area contributed by atoms with Crippen molar-refractivity contribution < 1.29 is 19.0 Å². The molecule has 1 heterocycles. The maximum absolute atomic E-state index is 12.5. The van der Waals surface area contributed by atoms with Crippen LogP contribution in [0.4, 0.5) is 0 Å². The number of para-hydroxylation sites is 2. The molecule has 126 valence electrons. The molecule has 1 aromatic rings. The van der Waals surface area contributed by atoms with Crippen molar-refractivity contribution in [2.24, 2.45) is 0 Å². The lowest BCUT2D eigenvalue weighted by atomic mass is 10.3. The monoisotopic (exact) mass is 355 g/mol. The van der Waals surface area contributed by atoms with Crippen LogP contribution in [0, 0.1) is 0 Å². The van der Waals surface area contributed by atoms with Crippen molar-refractivity contribution in [3.05, 3.63) is 24.3 Å². The zero-order chi connectivity index (χ0) is 16.8. The summed E-state index contributed by atoms with van der Waals surface area (Å²) in [6.45, 7) is 4.48. The van der Waals surface area contributed by atoms with Gasteiger partial charge >= 0.3 is 0 Å². The normalized spacial score (nSPS) is 18.4. The number of thioether (sulfide) groups is 1. The molecular weight excluding hydrogens is 334 g/mol. The molecule has 1 fully saturated rings. The minimum atomic E-state index is -0.569. The van der Waals surface area contributed by atoms with Gasteiger partial charge in [-0.3, -0.25) is 4.79 Å². The summed E-state index contributed by atoms with van der Waals surface area (Å²) in [5, 5.41) is 0.336. The van der Waals surface area contributed by atoms with Gasteiger partial charge < -0.3 is 19.1 Å². The number of methoxy groups -OCH3 is 1. The molecular formula is C16H21NO4S2. The highest BCUT2D eigenvalue weighted by atomic mass is 32.2. The van der Waals surface area contributed by atoms with E-state index in [9.17, 15) is 4.79 Å². The average molecular weight is 355 g/mol. The largest absolute Gasteiger partial charge is 0.493 e. The first kappa shape index (κ1) is 17.9. The molecule has 7 heteroatoms. The van der Waals surface area contributed by atoms with Gasteiger partial charge in [-0.05, 0) is 31.3 Å². The number of hydrogen-bond acceptors (Lipinski definition) is 6. The van der Waals surface area contributed by atoms with Crippen LogP contribution in [0.25, 0.3) is 0 Å². The van der Waals surface area contributed by atoms with E-state index in [1.807, 2.05) is 24.3 Å². The van der Waals surface area contributed by atoms with E-state index in [-0.39, 0.29) is 11.3 Å². The first-order valence-electron chi connectivity index (χ1n) is 7.38. The number of nitrogens with zero attached hydrogens (tertiary/aromatic N) is 1. The molecule has 1 amide bonds. The molecule has 0 saturated carbocycles. The molecule has 0 aliphatic carbocycles. The van der Waals surface area contributed by atoms with Crippen molar-refractivity contribution in [3.63, 3.8) is 0 Å². The highest BCUT2D eigenvalue weighted by Crippen LogP contribution is 2.29. The van der Waals surface area contributed by atoms with Gasteiger partial charge in [0.1, 0.15) is 12.0 Å². The van der Waals surface area contributed by atoms with E-state index in [0.29, 0.717) is 29.7 Å². The predicted molar refractivity (Wildman–Crippen MR) is 95.3 cm³/mol. The Bertz CT molecular complexity index is 567. The van der Waals surface area contributed by atoms with Gasteiger partial charge in [-0.25, -0.2) is 0 Å². The van der Waals surface area contributed by atoms with Gasteiger partial charge in [-0.15, -0.1) is 11.8 Å². The van der Waals surface area contributed by atoms with Crippen molar-refractivity contribution in [3.8, 4) is 11.5 Å². The number of benzene rings is 1. The second kappa shape index (κ2) is 8.40. The van der Waals surface area contributed by atoms with Crippen LogP contribution >= 0.6 is 24.0 Å². The summed E-state index contributed by atoms with van der Waals surface area (Å²) in [5.41, 5.74) is 0. The number of carbonyl (C=O) groups is 1. The van der Waals surface area contributed by atoms with Crippen LogP contribution < -0.4 is 9.47 Å². The summed E-state index contributed by atoms with van der Waals surface area (Å²) in [5.74, 6) is 2.18. The Kier molecular flexibility index (Phi) is 6.53. The molecule has 5 nitrogen and oxygen atoms in total. The maximum atomic E-state index is 12.5. The number of amides is 1.